The second kappa shape index (κ2) is 8.61. The van der Waals surface area contributed by atoms with Crippen molar-refractivity contribution in [1.82, 2.24) is 4.90 Å². The maximum absolute atomic E-state index is 12.5. The van der Waals surface area contributed by atoms with Crippen LogP contribution in [0.4, 0.5) is 5.69 Å². The number of ether oxygens (including phenoxy) is 1. The van der Waals surface area contributed by atoms with Gasteiger partial charge in [0.25, 0.3) is 5.91 Å². The summed E-state index contributed by atoms with van der Waals surface area (Å²) in [5.74, 6) is 0.0729. The zero-order chi connectivity index (χ0) is 19.6. The molecule has 3 rings (SSSR count). The molecule has 0 aliphatic carbocycles. The molecule has 27 heavy (non-hydrogen) atoms. The Morgan fingerprint density at radius 1 is 1.41 bits per heavy atom. The number of halogens is 2. The minimum absolute atomic E-state index is 0.149. The monoisotopic (exact) mass is 560 g/mol. The van der Waals surface area contributed by atoms with Gasteiger partial charge in [-0.15, -0.1) is 0 Å². The Labute approximate surface area is 182 Å². The summed E-state index contributed by atoms with van der Waals surface area (Å²) in [5, 5.41) is 0.551. The lowest BCUT2D eigenvalue weighted by Gasteiger charge is -2.07. The Morgan fingerprint density at radius 2 is 2.11 bits per heavy atom. The van der Waals surface area contributed by atoms with Crippen molar-refractivity contribution in [3.8, 4) is 0 Å². The molecular weight excluding hydrogens is 547 g/mol. The number of carbonyl (C=O) groups is 2. The highest BCUT2D eigenvalue weighted by Gasteiger charge is 2.30. The highest BCUT2D eigenvalue weighted by atomic mass is 127. The van der Waals surface area contributed by atoms with E-state index in [4.69, 9.17) is 9.15 Å². The van der Waals surface area contributed by atoms with Gasteiger partial charge in [0.05, 0.1) is 26.3 Å². The Morgan fingerprint density at radius 3 is 2.70 bits per heavy atom. The predicted molar refractivity (Wildman–Crippen MR) is 117 cm³/mol. The molecule has 1 amide bonds. The number of furan rings is 1. The van der Waals surface area contributed by atoms with E-state index in [1.807, 2.05) is 6.07 Å². The topological polar surface area (TPSA) is 72.1 Å². The highest BCUT2D eigenvalue weighted by molar-refractivity contribution is 14.1. The van der Waals surface area contributed by atoms with Gasteiger partial charge < -0.3 is 9.15 Å². The number of carbonyl (C=O) groups excluding carboxylic acids is 2. The van der Waals surface area contributed by atoms with Crippen molar-refractivity contribution in [2.24, 2.45) is 4.99 Å². The van der Waals surface area contributed by atoms with Crippen LogP contribution in [0.1, 0.15) is 23.0 Å². The van der Waals surface area contributed by atoms with E-state index >= 15 is 0 Å². The number of nitrogens with zero attached hydrogens (tertiary/aromatic N) is 2. The molecule has 1 fully saturated rings. The number of hydrogen-bond acceptors (Lipinski definition) is 6. The van der Waals surface area contributed by atoms with Crippen LogP contribution in [0, 0.1) is 3.57 Å². The van der Waals surface area contributed by atoms with Gasteiger partial charge in [-0.05, 0) is 87.5 Å². The van der Waals surface area contributed by atoms with E-state index in [2.05, 4.69) is 43.5 Å². The molecule has 2 aromatic rings. The number of benzene rings is 1. The number of esters is 1. The third kappa shape index (κ3) is 4.64. The summed E-state index contributed by atoms with van der Waals surface area (Å²) < 4.78 is 12.1. The molecule has 0 atom stereocenters. The van der Waals surface area contributed by atoms with E-state index in [1.54, 1.807) is 44.3 Å². The average Bonchev–Trinajstić information content (AvgIpc) is 3.09. The number of rotatable bonds is 4. The van der Waals surface area contributed by atoms with Crippen molar-refractivity contribution in [2.75, 3.05) is 13.7 Å². The Kier molecular flexibility index (Phi) is 6.43. The molecule has 1 saturated heterocycles. The van der Waals surface area contributed by atoms with E-state index in [9.17, 15) is 9.59 Å². The van der Waals surface area contributed by atoms with E-state index in [-0.39, 0.29) is 11.9 Å². The molecule has 1 aliphatic heterocycles. The fraction of sp³-hybridized carbons (Fsp3) is 0.167. The van der Waals surface area contributed by atoms with Crippen molar-refractivity contribution >= 4 is 79.1 Å². The van der Waals surface area contributed by atoms with Crippen molar-refractivity contribution < 1.29 is 18.7 Å². The second-order valence-corrected chi connectivity index (χ2v) is 8.30. The molecule has 9 heteroatoms. The maximum Gasteiger partial charge on any atom is 0.338 e. The molecule has 0 saturated carbocycles. The van der Waals surface area contributed by atoms with Crippen LogP contribution in [-0.2, 0) is 9.53 Å². The third-order valence-electron chi connectivity index (χ3n) is 3.54. The van der Waals surface area contributed by atoms with E-state index in [0.29, 0.717) is 38.4 Å². The van der Waals surface area contributed by atoms with Crippen LogP contribution in [0.25, 0.3) is 6.08 Å². The normalized spacial score (nSPS) is 17.2. The molecular formula is C18H14BrIN2O4S. The van der Waals surface area contributed by atoms with Gasteiger partial charge in [0, 0.05) is 13.1 Å². The maximum atomic E-state index is 12.5. The lowest BCUT2D eigenvalue weighted by atomic mass is 10.2. The van der Waals surface area contributed by atoms with Gasteiger partial charge in [-0.1, -0.05) is 0 Å². The smallest absolute Gasteiger partial charge is 0.338 e. The van der Waals surface area contributed by atoms with Gasteiger partial charge in [-0.25, -0.2) is 9.79 Å². The molecule has 6 nitrogen and oxygen atoms in total. The van der Waals surface area contributed by atoms with Gasteiger partial charge in [0.15, 0.2) is 9.84 Å². The van der Waals surface area contributed by atoms with Crippen molar-refractivity contribution in [3.05, 3.63) is 54.8 Å². The summed E-state index contributed by atoms with van der Waals surface area (Å²) >= 11 is 6.72. The lowest BCUT2D eigenvalue weighted by Crippen LogP contribution is -2.23. The Bertz CT molecular complexity index is 933. The molecule has 0 bridgehead atoms. The molecule has 1 aromatic heterocycles. The first kappa shape index (κ1) is 20.2. The standard InChI is InChI=1S/C18H14BrIN2O4S/c1-3-25-17(24)10-4-6-11(7-5-10)21-18-22(2)16(23)14(27-18)9-12-8-13(20)15(19)26-12/h4-9H,3H2,1-2H3. The van der Waals surface area contributed by atoms with Crippen LogP contribution >= 0.6 is 50.3 Å². The first-order valence-corrected chi connectivity index (χ1v) is 10.6. The van der Waals surface area contributed by atoms with Crippen LogP contribution in [0.3, 0.4) is 0 Å². The van der Waals surface area contributed by atoms with Crippen LogP contribution in [-0.4, -0.2) is 35.6 Å². The predicted octanol–water partition coefficient (Wildman–Crippen LogP) is 5.06. The molecule has 1 aromatic carbocycles. The molecule has 2 heterocycles. The van der Waals surface area contributed by atoms with Crippen LogP contribution in [0.5, 0.6) is 0 Å². The largest absolute Gasteiger partial charge is 0.462 e. The van der Waals surface area contributed by atoms with Crippen molar-refractivity contribution in [3.63, 3.8) is 0 Å². The third-order valence-corrected chi connectivity index (χ3v) is 6.74. The number of aliphatic imine (C=N–C) groups is 1. The summed E-state index contributed by atoms with van der Waals surface area (Å²) in [7, 11) is 1.67. The molecule has 1 aliphatic rings. The number of hydrogen-bond donors (Lipinski definition) is 0. The van der Waals surface area contributed by atoms with Crippen molar-refractivity contribution in [2.45, 2.75) is 6.92 Å². The fourth-order valence-electron chi connectivity index (χ4n) is 2.21. The van der Waals surface area contributed by atoms with Gasteiger partial charge in [-0.2, -0.15) is 0 Å². The highest BCUT2D eigenvalue weighted by Crippen LogP contribution is 2.34. The molecule has 0 radical (unpaired) electrons. The summed E-state index contributed by atoms with van der Waals surface area (Å²) in [4.78, 5) is 30.7. The Balaban J connectivity index is 1.80. The van der Waals surface area contributed by atoms with E-state index in [1.165, 1.54) is 16.7 Å². The van der Waals surface area contributed by atoms with E-state index < -0.39 is 0 Å². The first-order valence-electron chi connectivity index (χ1n) is 7.87. The Hall–Kier alpha value is -1.59. The number of thioether (sulfide) groups is 1. The summed E-state index contributed by atoms with van der Waals surface area (Å²) in [6.45, 7) is 2.09. The summed E-state index contributed by atoms with van der Waals surface area (Å²) in [5.41, 5.74) is 1.10. The second-order valence-electron chi connectivity index (χ2n) is 5.41. The van der Waals surface area contributed by atoms with Crippen LogP contribution in [0.2, 0.25) is 0 Å². The van der Waals surface area contributed by atoms with Gasteiger partial charge in [0.2, 0.25) is 0 Å². The quantitative estimate of drug-likeness (QED) is 0.297. The number of amidine groups is 1. The zero-order valence-corrected chi connectivity index (χ0v) is 18.9. The first-order chi connectivity index (χ1) is 12.9. The molecule has 140 valence electrons. The minimum Gasteiger partial charge on any atom is -0.462 e. The van der Waals surface area contributed by atoms with Gasteiger partial charge in [0.1, 0.15) is 5.76 Å². The van der Waals surface area contributed by atoms with E-state index in [0.717, 1.165) is 3.57 Å². The summed E-state index contributed by atoms with van der Waals surface area (Å²) in [6.07, 6.45) is 1.70. The zero-order valence-electron chi connectivity index (χ0n) is 14.4. The fourth-order valence-corrected chi connectivity index (χ4v) is 3.90. The van der Waals surface area contributed by atoms with Gasteiger partial charge >= 0.3 is 5.97 Å². The van der Waals surface area contributed by atoms with Crippen LogP contribution < -0.4 is 0 Å². The van der Waals surface area contributed by atoms with Crippen molar-refractivity contribution in [1.29, 1.82) is 0 Å². The summed E-state index contributed by atoms with van der Waals surface area (Å²) in [6, 6.07) is 8.57. The minimum atomic E-state index is -0.372. The molecule has 0 unspecified atom stereocenters. The average molecular weight is 561 g/mol. The SMILES string of the molecule is CCOC(=O)c1ccc(N=C2SC(=Cc3cc(I)c(Br)o3)C(=O)N2C)cc1. The van der Waals surface area contributed by atoms with Gasteiger partial charge in [-0.3, -0.25) is 9.69 Å². The number of amides is 1. The molecule has 0 spiro atoms. The molecule has 0 N–H and O–H groups in total. The number of likely N-dealkylation sites (N-methyl/N-ethyl adjacent to an activating group) is 1. The lowest BCUT2D eigenvalue weighted by molar-refractivity contribution is -0.121. The van der Waals surface area contributed by atoms with Crippen LogP contribution in [0.15, 0.2) is 49.3 Å².